The third-order valence-corrected chi connectivity index (χ3v) is 6.01. The Morgan fingerprint density at radius 2 is 0.515 bits per heavy atom. The van der Waals surface area contributed by atoms with Gasteiger partial charge in [-0.2, -0.15) is 0 Å². The zero-order valence-corrected chi connectivity index (χ0v) is 22.0. The Morgan fingerprint density at radius 1 is 0.333 bits per heavy atom. The van der Waals surface area contributed by atoms with Gasteiger partial charge in [0.2, 0.25) is 0 Å². The highest BCUT2D eigenvalue weighted by Gasteiger charge is 2.19. The van der Waals surface area contributed by atoms with E-state index in [1.54, 1.807) is 0 Å². The molecule has 172 valence electrons. The van der Waals surface area contributed by atoms with E-state index in [9.17, 15) is 0 Å². The van der Waals surface area contributed by atoms with E-state index in [2.05, 4.69) is 139 Å². The summed E-state index contributed by atoms with van der Waals surface area (Å²) in [6.45, 7) is 13.8. The Hall–Kier alpha value is -2.69. The molecule has 0 aliphatic carbocycles. The standard InChI is InChI=1S/2C12H10.C8H19P/c2*1-3-7-11(8-4-1)12-9-5-2-6-10-12;1-7(2,3)9-8(4,5)6/h2*1-10H;9H,1-6H3. The van der Waals surface area contributed by atoms with Gasteiger partial charge >= 0.3 is 0 Å². The molecule has 1 heteroatoms. The molecule has 0 N–H and O–H groups in total. The van der Waals surface area contributed by atoms with Crippen LogP contribution in [0.15, 0.2) is 121 Å². The predicted octanol–water partition coefficient (Wildman–Crippen LogP) is 9.97. The van der Waals surface area contributed by atoms with E-state index in [0.717, 1.165) is 8.58 Å². The lowest BCUT2D eigenvalue weighted by molar-refractivity contribution is 0.725. The first-order valence-electron chi connectivity index (χ1n) is 11.6. The van der Waals surface area contributed by atoms with Crippen molar-refractivity contribution in [1.29, 1.82) is 0 Å². The largest absolute Gasteiger partial charge is 0.111 e. The molecule has 0 amide bonds. The summed E-state index contributed by atoms with van der Waals surface area (Å²) < 4.78 is 0. The van der Waals surface area contributed by atoms with E-state index in [0.29, 0.717) is 10.3 Å². The number of rotatable bonds is 2. The second-order valence-electron chi connectivity index (χ2n) is 10.1. The smallest absolute Gasteiger partial charge is 0.0184 e. The van der Waals surface area contributed by atoms with Gasteiger partial charge in [0.1, 0.15) is 0 Å². The van der Waals surface area contributed by atoms with Crippen molar-refractivity contribution in [2.75, 3.05) is 0 Å². The second-order valence-corrected chi connectivity index (χ2v) is 13.3. The summed E-state index contributed by atoms with van der Waals surface area (Å²) in [7, 11) is 1.05. The molecule has 0 aliphatic rings. The van der Waals surface area contributed by atoms with Crippen molar-refractivity contribution >= 4 is 8.58 Å². The summed E-state index contributed by atoms with van der Waals surface area (Å²) in [6, 6.07) is 41.6. The molecular formula is C32H39P. The average Bonchev–Trinajstić information content (AvgIpc) is 2.80. The van der Waals surface area contributed by atoms with Crippen molar-refractivity contribution < 1.29 is 0 Å². The van der Waals surface area contributed by atoms with E-state index in [1.807, 2.05) is 24.3 Å². The molecule has 0 aliphatic heterocycles. The SMILES string of the molecule is CC(C)(C)PC(C)(C)C.c1ccc(-c2ccccc2)cc1.c1ccc(-c2ccccc2)cc1. The highest BCUT2D eigenvalue weighted by atomic mass is 31.1. The van der Waals surface area contributed by atoms with Crippen LogP contribution in [0.2, 0.25) is 0 Å². The summed E-state index contributed by atoms with van der Waals surface area (Å²) in [5.41, 5.74) is 5.10. The van der Waals surface area contributed by atoms with E-state index in [1.165, 1.54) is 22.3 Å². The third kappa shape index (κ3) is 11.7. The summed E-state index contributed by atoms with van der Waals surface area (Å²) in [4.78, 5) is 0. The normalized spacial score (nSPS) is 10.8. The van der Waals surface area contributed by atoms with Crippen LogP contribution < -0.4 is 0 Å². The molecule has 0 spiro atoms. The maximum absolute atomic E-state index is 2.30. The Kier molecular flexibility index (Phi) is 10.6. The molecule has 0 bridgehead atoms. The van der Waals surface area contributed by atoms with Crippen LogP contribution >= 0.6 is 8.58 Å². The van der Waals surface area contributed by atoms with Gasteiger partial charge < -0.3 is 0 Å². The molecule has 0 atom stereocenters. The zero-order valence-electron chi connectivity index (χ0n) is 21.0. The minimum atomic E-state index is 0.512. The highest BCUT2D eigenvalue weighted by Crippen LogP contribution is 2.41. The van der Waals surface area contributed by atoms with Gasteiger partial charge in [-0.25, -0.2) is 0 Å². The molecular weight excluding hydrogens is 415 g/mol. The van der Waals surface area contributed by atoms with Gasteiger partial charge in [0.15, 0.2) is 0 Å². The first-order chi connectivity index (χ1) is 15.6. The third-order valence-electron chi connectivity index (χ3n) is 4.51. The van der Waals surface area contributed by atoms with E-state index in [4.69, 9.17) is 0 Å². The fraction of sp³-hybridized carbons (Fsp3) is 0.250. The van der Waals surface area contributed by atoms with Crippen molar-refractivity contribution in [3.8, 4) is 22.3 Å². The summed E-state index contributed by atoms with van der Waals surface area (Å²) >= 11 is 0. The van der Waals surface area contributed by atoms with Crippen LogP contribution in [0.4, 0.5) is 0 Å². The fourth-order valence-electron chi connectivity index (χ4n) is 3.65. The monoisotopic (exact) mass is 454 g/mol. The van der Waals surface area contributed by atoms with Crippen LogP contribution in [-0.2, 0) is 0 Å². The lowest BCUT2D eigenvalue weighted by atomic mass is 10.1. The van der Waals surface area contributed by atoms with Crippen LogP contribution in [0.5, 0.6) is 0 Å². The molecule has 0 saturated carbocycles. The number of hydrogen-bond donors (Lipinski definition) is 0. The quantitative estimate of drug-likeness (QED) is 0.264. The molecule has 4 aromatic rings. The van der Waals surface area contributed by atoms with Crippen molar-refractivity contribution in [2.24, 2.45) is 0 Å². The first kappa shape index (κ1) is 26.6. The van der Waals surface area contributed by atoms with Crippen molar-refractivity contribution in [3.05, 3.63) is 121 Å². The Bertz CT molecular complexity index is 848. The highest BCUT2D eigenvalue weighted by molar-refractivity contribution is 7.41. The second kappa shape index (κ2) is 13.1. The Morgan fingerprint density at radius 3 is 0.636 bits per heavy atom. The van der Waals surface area contributed by atoms with Crippen LogP contribution in [0.1, 0.15) is 41.5 Å². The van der Waals surface area contributed by atoms with Crippen molar-refractivity contribution in [2.45, 2.75) is 51.9 Å². The zero-order chi connectivity index (χ0) is 24.2. The minimum Gasteiger partial charge on any atom is -0.111 e. The molecule has 0 aromatic heterocycles. The van der Waals surface area contributed by atoms with E-state index in [-0.39, 0.29) is 0 Å². The minimum absolute atomic E-state index is 0.512. The van der Waals surface area contributed by atoms with E-state index >= 15 is 0 Å². The number of hydrogen-bond acceptors (Lipinski definition) is 0. The van der Waals surface area contributed by atoms with Gasteiger partial charge in [-0.3, -0.25) is 0 Å². The first-order valence-corrected chi connectivity index (χ1v) is 12.6. The maximum atomic E-state index is 2.30. The predicted molar refractivity (Wildman–Crippen MR) is 152 cm³/mol. The lowest BCUT2D eigenvalue weighted by Crippen LogP contribution is -2.16. The average molecular weight is 455 g/mol. The molecule has 0 unspecified atom stereocenters. The van der Waals surface area contributed by atoms with Gasteiger partial charge in [0.25, 0.3) is 0 Å². The fourth-order valence-corrected chi connectivity index (χ4v) is 5.90. The molecule has 4 aromatic carbocycles. The molecule has 4 rings (SSSR count). The van der Waals surface area contributed by atoms with Gasteiger partial charge in [0.05, 0.1) is 0 Å². The summed E-state index contributed by atoms with van der Waals surface area (Å²) in [6.07, 6.45) is 0. The van der Waals surface area contributed by atoms with Crippen molar-refractivity contribution in [1.82, 2.24) is 0 Å². The molecule has 0 heterocycles. The number of benzene rings is 4. The van der Waals surface area contributed by atoms with E-state index < -0.39 is 0 Å². The van der Waals surface area contributed by atoms with Crippen LogP contribution in [0.25, 0.3) is 22.3 Å². The van der Waals surface area contributed by atoms with Crippen LogP contribution in [0.3, 0.4) is 0 Å². The summed E-state index contributed by atoms with van der Waals surface area (Å²) in [5.74, 6) is 0. The van der Waals surface area contributed by atoms with Gasteiger partial charge in [0, 0.05) is 0 Å². The molecule has 0 nitrogen and oxygen atoms in total. The van der Waals surface area contributed by atoms with Crippen LogP contribution in [-0.4, -0.2) is 10.3 Å². The Balaban J connectivity index is 0.000000178. The maximum Gasteiger partial charge on any atom is -0.0184 e. The molecule has 0 radical (unpaired) electrons. The van der Waals surface area contributed by atoms with Crippen LogP contribution in [0, 0.1) is 0 Å². The molecule has 0 fully saturated rings. The summed E-state index contributed by atoms with van der Waals surface area (Å²) in [5, 5.41) is 1.02. The lowest BCUT2D eigenvalue weighted by Gasteiger charge is -2.28. The van der Waals surface area contributed by atoms with Gasteiger partial charge in [-0.05, 0) is 32.6 Å². The molecule has 33 heavy (non-hydrogen) atoms. The van der Waals surface area contributed by atoms with Gasteiger partial charge in [-0.15, -0.1) is 8.58 Å². The van der Waals surface area contributed by atoms with Gasteiger partial charge in [-0.1, -0.05) is 163 Å². The van der Waals surface area contributed by atoms with Crippen molar-refractivity contribution in [3.63, 3.8) is 0 Å². The molecule has 0 saturated heterocycles. The topological polar surface area (TPSA) is 0 Å². The Labute approximate surface area is 203 Å².